The van der Waals surface area contributed by atoms with E-state index in [1.54, 1.807) is 0 Å². The van der Waals surface area contributed by atoms with Gasteiger partial charge < -0.3 is 9.88 Å². The third-order valence-electron chi connectivity index (χ3n) is 4.61. The van der Waals surface area contributed by atoms with Crippen LogP contribution >= 0.6 is 0 Å². The third kappa shape index (κ3) is 2.52. The number of rotatable bonds is 4. The lowest BCUT2D eigenvalue weighted by Crippen LogP contribution is -2.25. The molecule has 0 bridgehead atoms. The van der Waals surface area contributed by atoms with Crippen molar-refractivity contribution in [2.75, 3.05) is 6.54 Å². The van der Waals surface area contributed by atoms with E-state index in [0.29, 0.717) is 0 Å². The van der Waals surface area contributed by atoms with E-state index < -0.39 is 0 Å². The Labute approximate surface area is 115 Å². The van der Waals surface area contributed by atoms with Crippen molar-refractivity contribution in [2.24, 2.45) is 18.9 Å². The Hall–Kier alpha value is -1.35. The second kappa shape index (κ2) is 5.33. The lowest BCUT2D eigenvalue weighted by atomic mass is 9.98. The average molecular weight is 257 g/mol. The minimum absolute atomic E-state index is 0.856. The van der Waals surface area contributed by atoms with Gasteiger partial charge in [0.25, 0.3) is 0 Å². The monoisotopic (exact) mass is 257 g/mol. The number of nitrogens with zero attached hydrogens (tertiary/aromatic N) is 2. The van der Waals surface area contributed by atoms with Gasteiger partial charge in [0.2, 0.25) is 0 Å². The first-order valence-electron chi connectivity index (χ1n) is 7.37. The summed E-state index contributed by atoms with van der Waals surface area (Å²) in [5.41, 5.74) is 2.31. The number of aromatic nitrogens is 2. The van der Waals surface area contributed by atoms with Gasteiger partial charge in [-0.25, -0.2) is 4.98 Å². The van der Waals surface area contributed by atoms with Crippen LogP contribution in [0.2, 0.25) is 0 Å². The molecule has 1 aliphatic carbocycles. The van der Waals surface area contributed by atoms with Gasteiger partial charge in [0, 0.05) is 7.05 Å². The summed E-state index contributed by atoms with van der Waals surface area (Å²) in [5.74, 6) is 2.87. The van der Waals surface area contributed by atoms with Crippen molar-refractivity contribution < 1.29 is 0 Å². The van der Waals surface area contributed by atoms with Crippen LogP contribution < -0.4 is 5.32 Å². The van der Waals surface area contributed by atoms with E-state index in [1.165, 1.54) is 24.8 Å². The van der Waals surface area contributed by atoms with Crippen molar-refractivity contribution >= 4 is 11.0 Å². The first-order valence-corrected chi connectivity index (χ1v) is 7.37. The van der Waals surface area contributed by atoms with Gasteiger partial charge in [0.15, 0.2) is 0 Å². The maximum atomic E-state index is 4.70. The molecule has 3 nitrogen and oxygen atoms in total. The van der Waals surface area contributed by atoms with Crippen LogP contribution in [0.25, 0.3) is 11.0 Å². The number of hydrogen-bond donors (Lipinski definition) is 1. The number of imidazole rings is 1. The summed E-state index contributed by atoms with van der Waals surface area (Å²) in [7, 11) is 2.10. The van der Waals surface area contributed by atoms with Crippen LogP contribution in [-0.4, -0.2) is 16.1 Å². The summed E-state index contributed by atoms with van der Waals surface area (Å²) in [6, 6.07) is 8.33. The molecule has 1 saturated carbocycles. The van der Waals surface area contributed by atoms with Gasteiger partial charge in [0.05, 0.1) is 17.6 Å². The Bertz CT molecular complexity index is 558. The second-order valence-electron chi connectivity index (χ2n) is 5.87. The van der Waals surface area contributed by atoms with Gasteiger partial charge in [-0.2, -0.15) is 0 Å². The molecule has 0 saturated heterocycles. The zero-order valence-corrected chi connectivity index (χ0v) is 11.9. The van der Waals surface area contributed by atoms with E-state index >= 15 is 0 Å². The van der Waals surface area contributed by atoms with Crippen LogP contribution in [0.1, 0.15) is 32.0 Å². The molecule has 0 spiro atoms. The van der Waals surface area contributed by atoms with Crippen molar-refractivity contribution in [1.82, 2.24) is 14.9 Å². The highest BCUT2D eigenvalue weighted by atomic mass is 15.1. The molecule has 0 radical (unpaired) electrons. The van der Waals surface area contributed by atoms with E-state index in [9.17, 15) is 0 Å². The molecule has 3 heteroatoms. The van der Waals surface area contributed by atoms with E-state index in [4.69, 9.17) is 4.98 Å². The summed E-state index contributed by atoms with van der Waals surface area (Å²) >= 11 is 0. The molecular weight excluding hydrogens is 234 g/mol. The van der Waals surface area contributed by atoms with Gasteiger partial charge in [-0.05, 0) is 36.9 Å². The fourth-order valence-electron chi connectivity index (χ4n) is 3.25. The van der Waals surface area contributed by atoms with E-state index in [0.717, 1.165) is 36.3 Å². The van der Waals surface area contributed by atoms with Crippen molar-refractivity contribution in [3.05, 3.63) is 30.1 Å². The molecule has 2 unspecified atom stereocenters. The zero-order chi connectivity index (χ0) is 13.2. The number of para-hydroxylation sites is 2. The fourth-order valence-corrected chi connectivity index (χ4v) is 3.25. The highest BCUT2D eigenvalue weighted by Crippen LogP contribution is 2.30. The molecule has 1 heterocycles. The summed E-state index contributed by atoms with van der Waals surface area (Å²) < 4.78 is 2.19. The van der Waals surface area contributed by atoms with Crippen LogP contribution in [0.15, 0.2) is 24.3 Å². The van der Waals surface area contributed by atoms with Crippen molar-refractivity contribution in [2.45, 2.75) is 32.7 Å². The van der Waals surface area contributed by atoms with E-state index in [-0.39, 0.29) is 0 Å². The SMILES string of the molecule is CC1CCCC1CNCc1nc2ccccc2n1C. The largest absolute Gasteiger partial charge is 0.330 e. The topological polar surface area (TPSA) is 29.9 Å². The van der Waals surface area contributed by atoms with Crippen LogP contribution in [0, 0.1) is 11.8 Å². The van der Waals surface area contributed by atoms with E-state index in [1.807, 2.05) is 6.07 Å². The van der Waals surface area contributed by atoms with Crippen LogP contribution in [-0.2, 0) is 13.6 Å². The number of aryl methyl sites for hydroxylation is 1. The highest BCUT2D eigenvalue weighted by Gasteiger charge is 2.22. The molecule has 19 heavy (non-hydrogen) atoms. The van der Waals surface area contributed by atoms with Gasteiger partial charge >= 0.3 is 0 Å². The molecule has 2 aromatic rings. The third-order valence-corrected chi connectivity index (χ3v) is 4.61. The maximum absolute atomic E-state index is 4.70. The molecular formula is C16H23N3. The fraction of sp³-hybridized carbons (Fsp3) is 0.562. The molecule has 0 aliphatic heterocycles. The Balaban J connectivity index is 1.63. The molecule has 3 rings (SSSR count). The first-order chi connectivity index (χ1) is 9.25. The molecule has 1 fully saturated rings. The Morgan fingerprint density at radius 1 is 1.32 bits per heavy atom. The Morgan fingerprint density at radius 2 is 2.16 bits per heavy atom. The van der Waals surface area contributed by atoms with Crippen molar-refractivity contribution in [3.63, 3.8) is 0 Å². The Morgan fingerprint density at radius 3 is 2.89 bits per heavy atom. The first kappa shape index (κ1) is 12.7. The van der Waals surface area contributed by atoms with Crippen LogP contribution in [0.4, 0.5) is 0 Å². The van der Waals surface area contributed by atoms with Gasteiger partial charge in [0.1, 0.15) is 5.82 Å². The molecule has 1 N–H and O–H groups in total. The zero-order valence-electron chi connectivity index (χ0n) is 11.9. The molecule has 102 valence electrons. The average Bonchev–Trinajstić information content (AvgIpc) is 2.96. The predicted molar refractivity (Wildman–Crippen MR) is 78.9 cm³/mol. The number of fused-ring (bicyclic) bond motifs is 1. The number of hydrogen-bond acceptors (Lipinski definition) is 2. The lowest BCUT2D eigenvalue weighted by Gasteiger charge is -2.15. The van der Waals surface area contributed by atoms with Crippen molar-refractivity contribution in [1.29, 1.82) is 0 Å². The van der Waals surface area contributed by atoms with Crippen LogP contribution in [0.3, 0.4) is 0 Å². The smallest absolute Gasteiger partial charge is 0.123 e. The second-order valence-corrected chi connectivity index (χ2v) is 5.87. The number of nitrogens with one attached hydrogen (secondary N) is 1. The minimum atomic E-state index is 0.856. The Kier molecular flexibility index (Phi) is 3.56. The van der Waals surface area contributed by atoms with Gasteiger partial charge in [-0.15, -0.1) is 0 Å². The standard InChI is InChI=1S/C16H23N3/c1-12-6-5-7-13(12)10-17-11-16-18-14-8-3-4-9-15(14)19(16)2/h3-4,8-9,12-13,17H,5-7,10-11H2,1-2H3. The molecule has 1 aromatic carbocycles. The number of benzene rings is 1. The molecule has 1 aliphatic rings. The van der Waals surface area contributed by atoms with Gasteiger partial charge in [-0.3, -0.25) is 0 Å². The molecule has 0 amide bonds. The quantitative estimate of drug-likeness (QED) is 0.912. The minimum Gasteiger partial charge on any atom is -0.330 e. The molecule has 1 aromatic heterocycles. The van der Waals surface area contributed by atoms with E-state index in [2.05, 4.69) is 42.1 Å². The van der Waals surface area contributed by atoms with Crippen molar-refractivity contribution in [3.8, 4) is 0 Å². The van der Waals surface area contributed by atoms with Crippen LogP contribution in [0.5, 0.6) is 0 Å². The summed E-state index contributed by atoms with van der Waals surface area (Å²) in [4.78, 5) is 4.70. The molecule has 2 atom stereocenters. The maximum Gasteiger partial charge on any atom is 0.123 e. The highest BCUT2D eigenvalue weighted by molar-refractivity contribution is 5.75. The van der Waals surface area contributed by atoms with Gasteiger partial charge in [-0.1, -0.05) is 31.9 Å². The summed E-state index contributed by atoms with van der Waals surface area (Å²) in [5, 5.41) is 3.59. The normalized spacial score (nSPS) is 23.3. The predicted octanol–water partition coefficient (Wildman–Crippen LogP) is 3.10. The summed E-state index contributed by atoms with van der Waals surface area (Å²) in [6.07, 6.45) is 4.19. The lowest BCUT2D eigenvalue weighted by molar-refractivity contribution is 0.389. The summed E-state index contributed by atoms with van der Waals surface area (Å²) in [6.45, 7) is 4.38.